The van der Waals surface area contributed by atoms with Gasteiger partial charge in [0.1, 0.15) is 0 Å². The van der Waals surface area contributed by atoms with E-state index in [1.54, 1.807) is 0 Å². The smallest absolute Gasteiger partial charge is 0.0706 e. The zero-order chi connectivity index (χ0) is 37.0. The molecule has 12 rings (SSSR count). The first-order chi connectivity index (χ1) is 27.7. The summed E-state index contributed by atoms with van der Waals surface area (Å²) in [6.45, 7) is 0. The fraction of sp³-hybridized carbons (Fsp3) is 0.135. The predicted molar refractivity (Wildman–Crippen MR) is 229 cm³/mol. The molecule has 268 valence electrons. The molecule has 4 nitrogen and oxygen atoms in total. The highest BCUT2D eigenvalue weighted by Gasteiger charge is 2.48. The van der Waals surface area contributed by atoms with E-state index in [-0.39, 0.29) is 18.1 Å². The highest BCUT2D eigenvalue weighted by atomic mass is 15.3. The van der Waals surface area contributed by atoms with Crippen molar-refractivity contribution in [1.82, 2.24) is 19.9 Å². The fourth-order valence-corrected chi connectivity index (χ4v) is 9.51. The van der Waals surface area contributed by atoms with Crippen LogP contribution in [0.5, 0.6) is 0 Å². The van der Waals surface area contributed by atoms with Crippen molar-refractivity contribution in [2.75, 3.05) is 0 Å². The molecule has 6 aromatic carbocycles. The Kier molecular flexibility index (Phi) is 8.03. The van der Waals surface area contributed by atoms with E-state index in [0.717, 1.165) is 70.1 Å². The van der Waals surface area contributed by atoms with Crippen LogP contribution in [-0.2, 0) is 0 Å². The predicted octanol–water partition coefficient (Wildman–Crippen LogP) is 13.0. The molecule has 0 amide bonds. The van der Waals surface area contributed by atoms with Crippen molar-refractivity contribution in [3.8, 4) is 33.8 Å². The van der Waals surface area contributed by atoms with Gasteiger partial charge in [0.05, 0.1) is 52.3 Å². The Labute approximate surface area is 327 Å². The van der Waals surface area contributed by atoms with Crippen molar-refractivity contribution in [1.29, 1.82) is 0 Å². The highest BCUT2D eigenvalue weighted by molar-refractivity contribution is 5.88. The van der Waals surface area contributed by atoms with Crippen molar-refractivity contribution < 1.29 is 0 Å². The first-order valence-electron chi connectivity index (χ1n) is 19.9. The summed E-state index contributed by atoms with van der Waals surface area (Å²) in [6, 6.07) is 65.8. The number of fused-ring (bicyclic) bond motifs is 6. The zero-order valence-electron chi connectivity index (χ0n) is 31.0. The van der Waals surface area contributed by atoms with Crippen molar-refractivity contribution in [2.45, 2.75) is 37.4 Å². The zero-order valence-corrected chi connectivity index (χ0v) is 31.0. The van der Waals surface area contributed by atoms with E-state index in [1.807, 2.05) is 0 Å². The second-order valence-electron chi connectivity index (χ2n) is 15.6. The first-order valence-corrected chi connectivity index (χ1v) is 19.9. The van der Waals surface area contributed by atoms with Crippen molar-refractivity contribution >= 4 is 32.3 Å². The van der Waals surface area contributed by atoms with Crippen LogP contribution in [-0.4, -0.2) is 19.9 Å². The number of hydrogen-bond donors (Lipinski definition) is 0. The molecule has 0 spiro atoms. The Morgan fingerprint density at radius 3 is 0.982 bits per heavy atom. The Bertz CT molecular complexity index is 2600. The van der Waals surface area contributed by atoms with E-state index < -0.39 is 0 Å². The van der Waals surface area contributed by atoms with Crippen LogP contribution in [0.2, 0.25) is 0 Å². The number of nitrogens with zero attached hydrogens (tertiary/aromatic N) is 4. The van der Waals surface area contributed by atoms with Gasteiger partial charge in [-0.15, -0.1) is 0 Å². The van der Waals surface area contributed by atoms with E-state index in [1.165, 1.54) is 32.3 Å². The van der Waals surface area contributed by atoms with Gasteiger partial charge >= 0.3 is 0 Å². The molecular formula is C52H40N4. The summed E-state index contributed by atoms with van der Waals surface area (Å²) in [4.78, 5) is 19.1. The number of piperidine rings is 3. The first kappa shape index (κ1) is 32.9. The standard InChI is InChI=1S/C52H40N4/c1-4-13-38-31-41(25-22-35(38)10-1)44-16-7-19-47(53-44)50-28-34-29-51(48-20-8-17-45(54-48)42-26-23-36-11-2-5-14-39(36)32-42)56(50)52(30-34)49-21-9-18-46(55-49)43-27-24-37-12-3-6-15-40(37)33-43/h1-27,31-34,50-52H,28-30H2. The van der Waals surface area contributed by atoms with E-state index in [9.17, 15) is 0 Å². The van der Waals surface area contributed by atoms with Crippen molar-refractivity contribution in [3.05, 3.63) is 199 Å². The minimum absolute atomic E-state index is 0.121. The van der Waals surface area contributed by atoms with Gasteiger partial charge in [0.25, 0.3) is 0 Å². The molecule has 0 radical (unpaired) electrons. The van der Waals surface area contributed by atoms with Gasteiger partial charge in [0.2, 0.25) is 0 Å². The Hall–Kier alpha value is -6.49. The second-order valence-corrected chi connectivity index (χ2v) is 15.6. The minimum atomic E-state index is 0.121. The summed E-state index contributed by atoms with van der Waals surface area (Å²) in [5.41, 5.74) is 9.81. The lowest BCUT2D eigenvalue weighted by Crippen LogP contribution is -2.48. The second kappa shape index (κ2) is 13.7. The third-order valence-electron chi connectivity index (χ3n) is 12.2. The molecule has 3 aliphatic rings. The third-order valence-corrected chi connectivity index (χ3v) is 12.2. The van der Waals surface area contributed by atoms with Gasteiger partial charge < -0.3 is 0 Å². The maximum absolute atomic E-state index is 5.45. The summed E-state index contributed by atoms with van der Waals surface area (Å²) >= 11 is 0. The normalized spacial score (nSPS) is 20.5. The van der Waals surface area contributed by atoms with Crippen LogP contribution in [0.3, 0.4) is 0 Å². The van der Waals surface area contributed by atoms with Crippen LogP contribution < -0.4 is 0 Å². The number of rotatable bonds is 6. The average molecular weight is 721 g/mol. The molecule has 3 unspecified atom stereocenters. The molecule has 0 N–H and O–H groups in total. The van der Waals surface area contributed by atoms with Crippen LogP contribution in [0, 0.1) is 5.92 Å². The summed E-state index contributed by atoms with van der Waals surface area (Å²) in [5.74, 6) is 0.503. The van der Waals surface area contributed by atoms with E-state index >= 15 is 0 Å². The van der Waals surface area contributed by atoms with Crippen LogP contribution >= 0.6 is 0 Å². The molecule has 3 aliphatic heterocycles. The van der Waals surface area contributed by atoms with E-state index in [4.69, 9.17) is 15.0 Å². The molecule has 3 atom stereocenters. The van der Waals surface area contributed by atoms with Gasteiger partial charge in [-0.3, -0.25) is 19.9 Å². The lowest BCUT2D eigenvalue weighted by molar-refractivity contribution is -0.0595. The Morgan fingerprint density at radius 1 is 0.321 bits per heavy atom. The van der Waals surface area contributed by atoms with E-state index in [0.29, 0.717) is 5.92 Å². The Morgan fingerprint density at radius 2 is 0.643 bits per heavy atom. The van der Waals surface area contributed by atoms with Gasteiger partial charge in [0, 0.05) is 16.7 Å². The average Bonchev–Trinajstić information content (AvgIpc) is 3.28. The van der Waals surface area contributed by atoms with Crippen LogP contribution in [0.4, 0.5) is 0 Å². The number of hydrogen-bond acceptors (Lipinski definition) is 4. The summed E-state index contributed by atoms with van der Waals surface area (Å²) in [6.07, 6.45) is 3.20. The number of benzene rings is 6. The molecule has 0 aliphatic carbocycles. The fourth-order valence-electron chi connectivity index (χ4n) is 9.51. The largest absolute Gasteiger partial charge is 0.278 e. The summed E-state index contributed by atoms with van der Waals surface area (Å²) < 4.78 is 0. The maximum Gasteiger partial charge on any atom is 0.0706 e. The summed E-state index contributed by atoms with van der Waals surface area (Å²) in [5, 5.41) is 7.41. The lowest BCUT2D eigenvalue weighted by Gasteiger charge is -2.54. The monoisotopic (exact) mass is 720 g/mol. The Balaban J connectivity index is 1.01. The molecule has 4 heteroatoms. The van der Waals surface area contributed by atoms with Crippen LogP contribution in [0.1, 0.15) is 54.5 Å². The quantitative estimate of drug-likeness (QED) is 0.171. The van der Waals surface area contributed by atoms with Crippen LogP contribution in [0.15, 0.2) is 182 Å². The van der Waals surface area contributed by atoms with Crippen LogP contribution in [0.25, 0.3) is 66.1 Å². The van der Waals surface area contributed by atoms with Gasteiger partial charge in [-0.25, -0.2) is 0 Å². The molecule has 3 saturated heterocycles. The minimum Gasteiger partial charge on any atom is -0.278 e. The molecule has 2 bridgehead atoms. The molecule has 56 heavy (non-hydrogen) atoms. The van der Waals surface area contributed by atoms with Gasteiger partial charge in [-0.1, -0.05) is 127 Å². The van der Waals surface area contributed by atoms with Crippen molar-refractivity contribution in [2.24, 2.45) is 5.92 Å². The lowest BCUT2D eigenvalue weighted by atomic mass is 9.72. The maximum atomic E-state index is 5.45. The molecule has 3 fully saturated rings. The SMILES string of the molecule is c1cc(-c2ccc3ccccc3c2)nc(C2CC3CC(c4cccc(-c5ccc6ccccc6c5)n4)N2C(c2cccc(-c4ccc5ccccc5c4)n2)C3)c1. The molecular weight excluding hydrogens is 681 g/mol. The topological polar surface area (TPSA) is 41.9 Å². The molecule has 0 saturated carbocycles. The molecule has 9 aromatic rings. The highest BCUT2D eigenvalue weighted by Crippen LogP contribution is 2.56. The van der Waals surface area contributed by atoms with Crippen molar-refractivity contribution in [3.63, 3.8) is 0 Å². The van der Waals surface area contributed by atoms with Gasteiger partial charge in [-0.2, -0.15) is 0 Å². The van der Waals surface area contributed by atoms with E-state index in [2.05, 4.69) is 187 Å². The third kappa shape index (κ3) is 5.94. The number of pyridine rings is 3. The van der Waals surface area contributed by atoms with Gasteiger partial charge in [0.15, 0.2) is 0 Å². The molecule has 3 aromatic heterocycles. The summed E-state index contributed by atoms with van der Waals surface area (Å²) in [7, 11) is 0. The number of aromatic nitrogens is 3. The van der Waals surface area contributed by atoms with Gasteiger partial charge in [-0.05, 0) is 112 Å². The molecule has 6 heterocycles.